The fraction of sp³-hybridized carbons (Fsp3) is 0.800. The van der Waals surface area contributed by atoms with E-state index in [2.05, 4.69) is 13.0 Å². The summed E-state index contributed by atoms with van der Waals surface area (Å²) in [6.45, 7) is 2.22. The predicted molar refractivity (Wildman–Crippen MR) is 58.3 cm³/mol. The molecule has 0 amide bonds. The fourth-order valence-electron chi connectivity index (χ4n) is 0.984. The van der Waals surface area contributed by atoms with Crippen LogP contribution in [0.25, 0.3) is 0 Å². The summed E-state index contributed by atoms with van der Waals surface area (Å²) in [4.78, 5) is 0. The van der Waals surface area contributed by atoms with Crippen LogP contribution < -0.4 is 0 Å². The Morgan fingerprint density at radius 3 is 2.58 bits per heavy atom. The molecule has 0 saturated heterocycles. The molecule has 0 aromatic heterocycles. The van der Waals surface area contributed by atoms with Gasteiger partial charge in [-0.3, -0.25) is 0 Å². The van der Waals surface area contributed by atoms with E-state index in [1.165, 1.54) is 25.7 Å². The van der Waals surface area contributed by atoms with Crippen molar-refractivity contribution < 1.29 is 0 Å². The summed E-state index contributed by atoms with van der Waals surface area (Å²) in [6.07, 6.45) is 10.5. The molecule has 0 saturated carbocycles. The molecule has 0 aliphatic rings. The number of rotatable bonds is 7. The van der Waals surface area contributed by atoms with E-state index in [9.17, 15) is 0 Å². The number of allylic oxidation sites excluding steroid dienone is 2. The van der Waals surface area contributed by atoms with Crippen LogP contribution >= 0.6 is 23.2 Å². The topological polar surface area (TPSA) is 0 Å². The first-order valence-electron chi connectivity index (χ1n) is 4.68. The summed E-state index contributed by atoms with van der Waals surface area (Å²) in [6, 6.07) is 0. The number of halogens is 2. The Kier molecular flexibility index (Phi) is 9.66. The highest BCUT2D eigenvalue weighted by Gasteiger charge is 1.93. The van der Waals surface area contributed by atoms with Gasteiger partial charge in [-0.05, 0) is 12.8 Å². The zero-order valence-electron chi connectivity index (χ0n) is 7.73. The third-order valence-electron chi connectivity index (χ3n) is 1.72. The van der Waals surface area contributed by atoms with Crippen LogP contribution in [0, 0.1) is 0 Å². The van der Waals surface area contributed by atoms with Crippen LogP contribution in [0.3, 0.4) is 0 Å². The van der Waals surface area contributed by atoms with Crippen LogP contribution in [0.4, 0.5) is 0 Å². The Morgan fingerprint density at radius 1 is 1.25 bits per heavy atom. The molecule has 0 aliphatic carbocycles. The number of alkyl halides is 2. The maximum atomic E-state index is 5.79. The lowest BCUT2D eigenvalue weighted by Gasteiger charge is -1.96. The molecule has 0 aromatic rings. The highest BCUT2D eigenvalue weighted by molar-refractivity contribution is 6.28. The summed E-state index contributed by atoms with van der Waals surface area (Å²) in [7, 11) is 0. The molecule has 0 heterocycles. The first kappa shape index (κ1) is 12.3. The molecule has 1 unspecified atom stereocenters. The van der Waals surface area contributed by atoms with Crippen molar-refractivity contribution in [2.45, 2.75) is 44.4 Å². The average Bonchev–Trinajstić information content (AvgIpc) is 2.10. The third-order valence-corrected chi connectivity index (χ3v) is 2.51. The highest BCUT2D eigenvalue weighted by Crippen LogP contribution is 2.05. The Bertz CT molecular complexity index is 110. The van der Waals surface area contributed by atoms with Crippen LogP contribution in [-0.4, -0.2) is 11.3 Å². The van der Waals surface area contributed by atoms with Gasteiger partial charge in [0.25, 0.3) is 0 Å². The quantitative estimate of drug-likeness (QED) is 0.332. The molecule has 0 fully saturated rings. The van der Waals surface area contributed by atoms with Gasteiger partial charge in [0.2, 0.25) is 0 Å². The van der Waals surface area contributed by atoms with Gasteiger partial charge in [-0.25, -0.2) is 0 Å². The molecule has 0 aliphatic heterocycles. The molecule has 0 spiro atoms. The van der Waals surface area contributed by atoms with Crippen LogP contribution in [-0.2, 0) is 0 Å². The zero-order valence-corrected chi connectivity index (χ0v) is 9.24. The van der Waals surface area contributed by atoms with Crippen LogP contribution in [0.2, 0.25) is 0 Å². The molecular weight excluding hydrogens is 191 g/mol. The normalized spacial score (nSPS) is 13.9. The summed E-state index contributed by atoms with van der Waals surface area (Å²) in [5.74, 6) is 0.507. The molecule has 12 heavy (non-hydrogen) atoms. The van der Waals surface area contributed by atoms with Crippen molar-refractivity contribution in [1.29, 1.82) is 0 Å². The molecule has 0 nitrogen and oxygen atoms in total. The minimum absolute atomic E-state index is 0.0119. The largest absolute Gasteiger partial charge is 0.125 e. The summed E-state index contributed by atoms with van der Waals surface area (Å²) >= 11 is 11.3. The molecular formula is C10H18Cl2. The van der Waals surface area contributed by atoms with Gasteiger partial charge in [0, 0.05) is 5.88 Å². The number of hydrogen-bond donors (Lipinski definition) is 0. The van der Waals surface area contributed by atoms with E-state index >= 15 is 0 Å². The summed E-state index contributed by atoms with van der Waals surface area (Å²) in [5, 5.41) is 0.0119. The lowest BCUT2D eigenvalue weighted by atomic mass is 10.1. The highest BCUT2D eigenvalue weighted by atomic mass is 35.5. The smallest absolute Gasteiger partial charge is 0.0651 e. The van der Waals surface area contributed by atoms with Crippen molar-refractivity contribution in [3.63, 3.8) is 0 Å². The van der Waals surface area contributed by atoms with E-state index in [1.807, 2.05) is 6.08 Å². The van der Waals surface area contributed by atoms with Gasteiger partial charge in [0.05, 0.1) is 5.38 Å². The maximum Gasteiger partial charge on any atom is 0.0651 e. The van der Waals surface area contributed by atoms with Crippen LogP contribution in [0.15, 0.2) is 12.2 Å². The van der Waals surface area contributed by atoms with Gasteiger partial charge in [-0.1, -0.05) is 38.3 Å². The molecule has 0 aromatic carbocycles. The lowest BCUT2D eigenvalue weighted by molar-refractivity contribution is 0.674. The molecule has 0 N–H and O–H groups in total. The minimum Gasteiger partial charge on any atom is -0.125 e. The lowest BCUT2D eigenvalue weighted by Crippen LogP contribution is -1.92. The van der Waals surface area contributed by atoms with Crippen molar-refractivity contribution in [2.24, 2.45) is 0 Å². The van der Waals surface area contributed by atoms with Gasteiger partial charge < -0.3 is 0 Å². The van der Waals surface area contributed by atoms with Crippen LogP contribution in [0.5, 0.6) is 0 Å². The van der Waals surface area contributed by atoms with Gasteiger partial charge in [0.15, 0.2) is 0 Å². The van der Waals surface area contributed by atoms with Gasteiger partial charge >= 0.3 is 0 Å². The van der Waals surface area contributed by atoms with E-state index in [0.717, 1.165) is 6.42 Å². The molecule has 0 radical (unpaired) electrons. The summed E-state index contributed by atoms with van der Waals surface area (Å²) < 4.78 is 0. The molecule has 0 bridgehead atoms. The van der Waals surface area contributed by atoms with E-state index in [-0.39, 0.29) is 5.38 Å². The molecule has 72 valence electrons. The minimum atomic E-state index is 0.0119. The predicted octanol–water partition coefficient (Wildman–Crippen LogP) is 4.36. The average molecular weight is 209 g/mol. The third kappa shape index (κ3) is 8.42. The monoisotopic (exact) mass is 208 g/mol. The van der Waals surface area contributed by atoms with Crippen molar-refractivity contribution in [3.05, 3.63) is 12.2 Å². The first-order valence-corrected chi connectivity index (χ1v) is 5.65. The molecule has 2 heteroatoms. The van der Waals surface area contributed by atoms with E-state index in [4.69, 9.17) is 23.2 Å². The van der Waals surface area contributed by atoms with Crippen molar-refractivity contribution in [2.75, 3.05) is 5.88 Å². The Balaban J connectivity index is 3.12. The zero-order chi connectivity index (χ0) is 9.23. The molecule has 0 rings (SSSR count). The standard InChI is InChI=1S/C10H18Cl2/c1-2-3-4-5-6-7-8-10(12)9-11/h7-8,10H,2-6,9H2,1H3. The second-order valence-electron chi connectivity index (χ2n) is 2.95. The second kappa shape index (κ2) is 9.41. The van der Waals surface area contributed by atoms with Gasteiger partial charge in [-0.2, -0.15) is 0 Å². The van der Waals surface area contributed by atoms with Crippen molar-refractivity contribution in [3.8, 4) is 0 Å². The Hall–Kier alpha value is 0.320. The SMILES string of the molecule is CCCCCCC=CC(Cl)CCl. The Labute approximate surface area is 85.9 Å². The van der Waals surface area contributed by atoms with E-state index in [1.54, 1.807) is 0 Å². The van der Waals surface area contributed by atoms with Crippen molar-refractivity contribution >= 4 is 23.2 Å². The number of hydrogen-bond acceptors (Lipinski definition) is 0. The van der Waals surface area contributed by atoms with E-state index in [0.29, 0.717) is 5.88 Å². The van der Waals surface area contributed by atoms with Gasteiger partial charge in [0.1, 0.15) is 0 Å². The van der Waals surface area contributed by atoms with Crippen LogP contribution in [0.1, 0.15) is 39.0 Å². The fourth-order valence-corrected chi connectivity index (χ4v) is 1.19. The first-order chi connectivity index (χ1) is 5.81. The van der Waals surface area contributed by atoms with E-state index < -0.39 is 0 Å². The number of unbranched alkanes of at least 4 members (excludes halogenated alkanes) is 4. The second-order valence-corrected chi connectivity index (χ2v) is 3.82. The Morgan fingerprint density at radius 2 is 2.00 bits per heavy atom. The van der Waals surface area contributed by atoms with Gasteiger partial charge in [-0.15, -0.1) is 23.2 Å². The van der Waals surface area contributed by atoms with Crippen molar-refractivity contribution in [1.82, 2.24) is 0 Å². The molecule has 1 atom stereocenters. The summed E-state index contributed by atoms with van der Waals surface area (Å²) in [5.41, 5.74) is 0. The maximum absolute atomic E-state index is 5.79.